The van der Waals surface area contributed by atoms with Gasteiger partial charge in [0.15, 0.2) is 0 Å². The van der Waals surface area contributed by atoms with E-state index in [0.29, 0.717) is 5.69 Å². The quantitative estimate of drug-likeness (QED) is 0.650. The molecular weight excluding hydrogens is 138 g/mol. The lowest BCUT2D eigenvalue weighted by Crippen LogP contribution is -1.94. The molecule has 1 rings (SSSR count). The lowest BCUT2D eigenvalue weighted by Gasteiger charge is -1.98. The fourth-order valence-corrected chi connectivity index (χ4v) is 1.00. The predicted molar refractivity (Wildman–Crippen MR) is 43.0 cm³/mol. The maximum absolute atomic E-state index is 10.3. The number of rotatable bonds is 3. The molecule has 0 aliphatic carbocycles. The van der Waals surface area contributed by atoms with Crippen molar-refractivity contribution in [2.45, 2.75) is 19.8 Å². The van der Waals surface area contributed by atoms with Gasteiger partial charge in [-0.3, -0.25) is 9.78 Å². The lowest BCUT2D eigenvalue weighted by atomic mass is 10.1. The van der Waals surface area contributed by atoms with Gasteiger partial charge in [0, 0.05) is 6.20 Å². The van der Waals surface area contributed by atoms with Crippen LogP contribution in [0.15, 0.2) is 18.3 Å². The van der Waals surface area contributed by atoms with Crippen LogP contribution < -0.4 is 0 Å². The molecule has 0 spiro atoms. The molecule has 0 aromatic carbocycles. The zero-order valence-electron chi connectivity index (χ0n) is 6.50. The van der Waals surface area contributed by atoms with E-state index in [1.54, 1.807) is 6.20 Å². The van der Waals surface area contributed by atoms with Gasteiger partial charge in [0.25, 0.3) is 6.29 Å². The normalized spacial score (nSPS) is 9.55. The molecule has 1 heterocycles. The number of carbonyl (C=O) groups excluding carboxylic acids is 1. The SMILES string of the molecule is CCCc1cccnc1[C]=O. The molecule has 1 radical (unpaired) electrons. The van der Waals surface area contributed by atoms with Crippen molar-refractivity contribution in [3.63, 3.8) is 0 Å². The van der Waals surface area contributed by atoms with Gasteiger partial charge in [-0.15, -0.1) is 0 Å². The Morgan fingerprint density at radius 2 is 2.45 bits per heavy atom. The topological polar surface area (TPSA) is 30.0 Å². The first-order chi connectivity index (χ1) is 5.38. The van der Waals surface area contributed by atoms with Crippen LogP contribution in [0.2, 0.25) is 0 Å². The summed E-state index contributed by atoms with van der Waals surface area (Å²) in [4.78, 5) is 14.2. The van der Waals surface area contributed by atoms with Crippen LogP contribution >= 0.6 is 0 Å². The minimum Gasteiger partial charge on any atom is -0.283 e. The van der Waals surface area contributed by atoms with Gasteiger partial charge in [-0.1, -0.05) is 19.4 Å². The third-order valence-corrected chi connectivity index (χ3v) is 1.51. The van der Waals surface area contributed by atoms with Crippen LogP contribution in [0.4, 0.5) is 0 Å². The summed E-state index contributed by atoms with van der Waals surface area (Å²) in [5, 5.41) is 0. The summed E-state index contributed by atoms with van der Waals surface area (Å²) >= 11 is 0. The van der Waals surface area contributed by atoms with Crippen molar-refractivity contribution in [3.05, 3.63) is 29.6 Å². The molecule has 57 valence electrons. The Morgan fingerprint density at radius 1 is 1.64 bits per heavy atom. The van der Waals surface area contributed by atoms with E-state index in [-0.39, 0.29) is 0 Å². The molecule has 0 aliphatic rings. The third-order valence-electron chi connectivity index (χ3n) is 1.51. The number of aromatic nitrogens is 1. The number of pyridine rings is 1. The Kier molecular flexibility index (Phi) is 2.78. The van der Waals surface area contributed by atoms with E-state index in [1.165, 1.54) is 0 Å². The van der Waals surface area contributed by atoms with E-state index in [4.69, 9.17) is 0 Å². The molecule has 11 heavy (non-hydrogen) atoms. The first-order valence-electron chi connectivity index (χ1n) is 3.70. The third kappa shape index (κ3) is 1.87. The summed E-state index contributed by atoms with van der Waals surface area (Å²) in [7, 11) is 0. The van der Waals surface area contributed by atoms with Crippen LogP contribution in [0, 0.1) is 0 Å². The number of hydrogen-bond acceptors (Lipinski definition) is 2. The molecular formula is C9H10NO. The lowest BCUT2D eigenvalue weighted by molar-refractivity contribution is 0.561. The Bertz CT molecular complexity index is 245. The van der Waals surface area contributed by atoms with Crippen molar-refractivity contribution in [2.24, 2.45) is 0 Å². The van der Waals surface area contributed by atoms with Gasteiger partial charge in [0.2, 0.25) is 0 Å². The summed E-state index contributed by atoms with van der Waals surface area (Å²) in [6, 6.07) is 3.75. The fourth-order valence-electron chi connectivity index (χ4n) is 1.00. The smallest absolute Gasteiger partial charge is 0.253 e. The molecule has 0 unspecified atom stereocenters. The van der Waals surface area contributed by atoms with Crippen molar-refractivity contribution in [3.8, 4) is 0 Å². The van der Waals surface area contributed by atoms with Gasteiger partial charge >= 0.3 is 0 Å². The molecule has 0 N–H and O–H groups in total. The highest BCUT2D eigenvalue weighted by molar-refractivity contribution is 5.74. The van der Waals surface area contributed by atoms with E-state index >= 15 is 0 Å². The molecule has 0 atom stereocenters. The second-order valence-corrected chi connectivity index (χ2v) is 2.36. The van der Waals surface area contributed by atoms with E-state index in [0.717, 1.165) is 18.4 Å². The van der Waals surface area contributed by atoms with Gasteiger partial charge in [-0.25, -0.2) is 0 Å². The zero-order valence-corrected chi connectivity index (χ0v) is 6.50. The maximum Gasteiger partial charge on any atom is 0.253 e. The molecule has 0 bridgehead atoms. The molecule has 1 aromatic heterocycles. The van der Waals surface area contributed by atoms with Gasteiger partial charge in [-0.2, -0.15) is 0 Å². The number of hydrogen-bond donors (Lipinski definition) is 0. The average molecular weight is 148 g/mol. The van der Waals surface area contributed by atoms with Crippen molar-refractivity contribution >= 4 is 6.29 Å². The van der Waals surface area contributed by atoms with Gasteiger partial charge in [-0.05, 0) is 18.1 Å². The molecule has 0 saturated carbocycles. The van der Waals surface area contributed by atoms with E-state index in [1.807, 2.05) is 18.4 Å². The van der Waals surface area contributed by atoms with Gasteiger partial charge in [0.05, 0.1) is 0 Å². The fraction of sp³-hybridized carbons (Fsp3) is 0.333. The number of aryl methyl sites for hydroxylation is 1. The monoisotopic (exact) mass is 148 g/mol. The second kappa shape index (κ2) is 3.86. The summed E-state index contributed by atoms with van der Waals surface area (Å²) in [5.74, 6) is 0. The van der Waals surface area contributed by atoms with Crippen molar-refractivity contribution in [1.82, 2.24) is 4.98 Å². The van der Waals surface area contributed by atoms with Gasteiger partial charge < -0.3 is 0 Å². The predicted octanol–water partition coefficient (Wildman–Crippen LogP) is 1.49. The summed E-state index contributed by atoms with van der Waals surface area (Å²) in [6.07, 6.45) is 5.36. The van der Waals surface area contributed by atoms with Crippen LogP contribution in [0.25, 0.3) is 0 Å². The van der Waals surface area contributed by atoms with E-state index in [9.17, 15) is 4.79 Å². The first kappa shape index (κ1) is 7.92. The molecule has 0 fully saturated rings. The molecule has 0 amide bonds. The average Bonchev–Trinajstić information content (AvgIpc) is 2.06. The minimum atomic E-state index is 0.453. The Labute approximate surface area is 66.3 Å². The number of nitrogens with zero attached hydrogens (tertiary/aromatic N) is 1. The van der Waals surface area contributed by atoms with Crippen LogP contribution in [0.3, 0.4) is 0 Å². The van der Waals surface area contributed by atoms with Crippen LogP contribution in [0.5, 0.6) is 0 Å². The second-order valence-electron chi connectivity index (χ2n) is 2.36. The van der Waals surface area contributed by atoms with Crippen molar-refractivity contribution < 1.29 is 4.79 Å². The Hall–Kier alpha value is -1.18. The Morgan fingerprint density at radius 3 is 3.09 bits per heavy atom. The van der Waals surface area contributed by atoms with E-state index < -0.39 is 0 Å². The van der Waals surface area contributed by atoms with Crippen molar-refractivity contribution in [1.29, 1.82) is 0 Å². The van der Waals surface area contributed by atoms with Crippen LogP contribution in [-0.4, -0.2) is 11.3 Å². The highest BCUT2D eigenvalue weighted by Crippen LogP contribution is 2.04. The molecule has 1 aromatic rings. The van der Waals surface area contributed by atoms with Crippen molar-refractivity contribution in [2.75, 3.05) is 0 Å². The molecule has 0 saturated heterocycles. The highest BCUT2D eigenvalue weighted by Gasteiger charge is 1.99. The minimum absolute atomic E-state index is 0.453. The largest absolute Gasteiger partial charge is 0.283 e. The standard InChI is InChI=1S/C9H10NO/c1-2-4-8-5-3-6-10-9(8)7-11/h3,5-6H,2,4H2,1H3. The van der Waals surface area contributed by atoms with Gasteiger partial charge in [0.1, 0.15) is 5.69 Å². The highest BCUT2D eigenvalue weighted by atomic mass is 16.1. The maximum atomic E-state index is 10.3. The van der Waals surface area contributed by atoms with Crippen LogP contribution in [-0.2, 0) is 11.2 Å². The summed E-state index contributed by atoms with van der Waals surface area (Å²) in [5.41, 5.74) is 1.44. The van der Waals surface area contributed by atoms with E-state index in [2.05, 4.69) is 11.9 Å². The zero-order chi connectivity index (χ0) is 8.10. The molecule has 2 heteroatoms. The Balaban J connectivity index is 2.92. The molecule has 2 nitrogen and oxygen atoms in total. The van der Waals surface area contributed by atoms with Crippen LogP contribution in [0.1, 0.15) is 24.6 Å². The molecule has 0 aliphatic heterocycles. The summed E-state index contributed by atoms with van der Waals surface area (Å²) in [6.45, 7) is 2.07. The summed E-state index contributed by atoms with van der Waals surface area (Å²) < 4.78 is 0. The first-order valence-corrected chi connectivity index (χ1v) is 3.70.